The molecule has 0 amide bonds. The lowest BCUT2D eigenvalue weighted by Crippen LogP contribution is -2.27. The Morgan fingerprint density at radius 3 is 1.77 bits per heavy atom. The second-order valence-electron chi connectivity index (χ2n) is 9.25. The average Bonchev–Trinajstić information content (AvgIpc) is 2.72. The lowest BCUT2D eigenvalue weighted by molar-refractivity contribution is 0.131. The van der Waals surface area contributed by atoms with Crippen LogP contribution in [-0.4, -0.2) is 0 Å². The summed E-state index contributed by atoms with van der Waals surface area (Å²) in [7, 11) is 0. The van der Waals surface area contributed by atoms with E-state index in [4.69, 9.17) is 0 Å². The minimum Gasteiger partial charge on any atom is -0.0622 e. The molecule has 0 N–H and O–H groups in total. The fourth-order valence-electron chi connectivity index (χ4n) is 5.87. The third kappa shape index (κ3) is 6.75. The van der Waals surface area contributed by atoms with Crippen molar-refractivity contribution in [2.75, 3.05) is 0 Å². The molecule has 26 heavy (non-hydrogen) atoms. The van der Waals surface area contributed by atoms with Gasteiger partial charge in [0.2, 0.25) is 0 Å². The van der Waals surface area contributed by atoms with Crippen LogP contribution in [0.3, 0.4) is 0 Å². The van der Waals surface area contributed by atoms with Crippen LogP contribution in [0.4, 0.5) is 0 Å². The Morgan fingerprint density at radius 1 is 0.615 bits per heavy atom. The van der Waals surface area contributed by atoms with Crippen LogP contribution >= 0.6 is 0 Å². The van der Waals surface area contributed by atoms with Crippen molar-refractivity contribution in [1.29, 1.82) is 0 Å². The molecule has 1 aromatic rings. The standard InChI is InChI=1S/C26H42/c1(2-7-15-23-16-8-4-9-17-23)3-14-22-26(24-18-10-5-11-19-24)25-20-12-6-13-21-25/h4,8-9,16-17,24-26H,1-3,5-7,10-15,18-22H2. The van der Waals surface area contributed by atoms with Gasteiger partial charge in [-0.15, -0.1) is 0 Å². The lowest BCUT2D eigenvalue weighted by Gasteiger charge is -2.38. The maximum Gasteiger partial charge on any atom is -0.0279 e. The maximum atomic E-state index is 2.28. The first-order valence-corrected chi connectivity index (χ1v) is 12.0. The average molecular weight is 355 g/mol. The Kier molecular flexibility index (Phi) is 9.09. The molecule has 146 valence electrons. The SMILES string of the molecule is c1ccc(CCCCCCCC(C2CCCCC2)C2CCCCC2)cc1. The zero-order valence-electron chi connectivity index (χ0n) is 17.1. The van der Waals surface area contributed by atoms with Gasteiger partial charge in [0.1, 0.15) is 0 Å². The number of aryl methyl sites for hydroxylation is 1. The van der Waals surface area contributed by atoms with Gasteiger partial charge in [-0.25, -0.2) is 0 Å². The monoisotopic (exact) mass is 354 g/mol. The van der Waals surface area contributed by atoms with E-state index in [1.54, 1.807) is 32.1 Å². The highest BCUT2D eigenvalue weighted by Gasteiger charge is 2.30. The predicted octanol–water partition coefficient (Wildman–Crippen LogP) is 8.35. The third-order valence-electron chi connectivity index (χ3n) is 7.36. The Bertz CT molecular complexity index is 432. The molecular formula is C26H42. The largest absolute Gasteiger partial charge is 0.0622 e. The summed E-state index contributed by atoms with van der Waals surface area (Å²) in [5.74, 6) is 3.26. The van der Waals surface area contributed by atoms with Gasteiger partial charge in [-0.2, -0.15) is 0 Å². The minimum atomic E-state index is 1.08. The van der Waals surface area contributed by atoms with Crippen molar-refractivity contribution < 1.29 is 0 Å². The summed E-state index contributed by atoms with van der Waals surface area (Å²) >= 11 is 0. The molecule has 1 aromatic carbocycles. The van der Waals surface area contributed by atoms with Crippen LogP contribution in [0.25, 0.3) is 0 Å². The van der Waals surface area contributed by atoms with Gasteiger partial charge in [-0.05, 0) is 42.6 Å². The Hall–Kier alpha value is -0.780. The van der Waals surface area contributed by atoms with Gasteiger partial charge in [-0.3, -0.25) is 0 Å². The first-order chi connectivity index (χ1) is 12.9. The Labute approximate surface area is 163 Å². The molecule has 0 aromatic heterocycles. The van der Waals surface area contributed by atoms with Crippen molar-refractivity contribution in [3.05, 3.63) is 35.9 Å². The summed E-state index contributed by atoms with van der Waals surface area (Å²) in [4.78, 5) is 0. The van der Waals surface area contributed by atoms with Crippen molar-refractivity contribution >= 4 is 0 Å². The molecule has 2 aliphatic carbocycles. The van der Waals surface area contributed by atoms with E-state index in [9.17, 15) is 0 Å². The molecule has 0 atom stereocenters. The van der Waals surface area contributed by atoms with Crippen molar-refractivity contribution in [2.45, 2.75) is 109 Å². The summed E-state index contributed by atoms with van der Waals surface area (Å²) in [6.07, 6.45) is 25.4. The molecule has 0 aliphatic heterocycles. The van der Waals surface area contributed by atoms with Gasteiger partial charge in [-0.1, -0.05) is 120 Å². The highest BCUT2D eigenvalue weighted by atomic mass is 14.4. The van der Waals surface area contributed by atoms with Crippen LogP contribution in [-0.2, 0) is 6.42 Å². The van der Waals surface area contributed by atoms with Gasteiger partial charge < -0.3 is 0 Å². The zero-order chi connectivity index (χ0) is 17.9. The molecular weight excluding hydrogens is 312 g/mol. The van der Waals surface area contributed by atoms with Crippen molar-refractivity contribution in [1.82, 2.24) is 0 Å². The second kappa shape index (κ2) is 11.8. The summed E-state index contributed by atoms with van der Waals surface area (Å²) in [5.41, 5.74) is 1.52. The number of hydrogen-bond donors (Lipinski definition) is 0. The normalized spacial score (nSPS) is 19.9. The van der Waals surface area contributed by atoms with Gasteiger partial charge in [0.15, 0.2) is 0 Å². The van der Waals surface area contributed by atoms with E-state index in [1.807, 2.05) is 0 Å². The van der Waals surface area contributed by atoms with E-state index in [2.05, 4.69) is 30.3 Å². The number of hydrogen-bond acceptors (Lipinski definition) is 0. The molecule has 0 spiro atoms. The van der Waals surface area contributed by atoms with Crippen molar-refractivity contribution in [2.24, 2.45) is 17.8 Å². The summed E-state index contributed by atoms with van der Waals surface area (Å²) in [5, 5.41) is 0. The number of benzene rings is 1. The van der Waals surface area contributed by atoms with Crippen LogP contribution in [0.15, 0.2) is 30.3 Å². The van der Waals surface area contributed by atoms with Crippen LogP contribution in [0.2, 0.25) is 0 Å². The fourth-order valence-corrected chi connectivity index (χ4v) is 5.87. The molecule has 3 rings (SSSR count). The van der Waals surface area contributed by atoms with E-state index in [0.717, 1.165) is 17.8 Å². The van der Waals surface area contributed by atoms with E-state index in [0.29, 0.717) is 0 Å². The molecule has 0 heterocycles. The molecule has 0 unspecified atom stereocenters. The molecule has 2 fully saturated rings. The highest BCUT2D eigenvalue weighted by molar-refractivity contribution is 5.14. The Morgan fingerprint density at radius 2 is 1.15 bits per heavy atom. The molecule has 0 nitrogen and oxygen atoms in total. The van der Waals surface area contributed by atoms with Gasteiger partial charge >= 0.3 is 0 Å². The van der Waals surface area contributed by atoms with E-state index in [-0.39, 0.29) is 0 Å². The zero-order valence-corrected chi connectivity index (χ0v) is 17.1. The molecule has 0 radical (unpaired) electrons. The smallest absolute Gasteiger partial charge is 0.0279 e. The van der Waals surface area contributed by atoms with E-state index in [1.165, 1.54) is 82.6 Å². The molecule has 2 saturated carbocycles. The number of unbranched alkanes of at least 4 members (excludes halogenated alkanes) is 4. The van der Waals surface area contributed by atoms with Crippen molar-refractivity contribution in [3.63, 3.8) is 0 Å². The van der Waals surface area contributed by atoms with Crippen LogP contribution in [0, 0.1) is 17.8 Å². The summed E-state index contributed by atoms with van der Waals surface area (Å²) < 4.78 is 0. The van der Waals surface area contributed by atoms with Gasteiger partial charge in [0.05, 0.1) is 0 Å². The number of rotatable bonds is 10. The molecule has 0 bridgehead atoms. The van der Waals surface area contributed by atoms with Crippen LogP contribution in [0.1, 0.15) is 108 Å². The quantitative estimate of drug-likeness (QED) is 0.370. The van der Waals surface area contributed by atoms with Gasteiger partial charge in [0, 0.05) is 0 Å². The minimum absolute atomic E-state index is 1.08. The lowest BCUT2D eigenvalue weighted by atomic mass is 9.68. The first kappa shape index (κ1) is 20.0. The second-order valence-corrected chi connectivity index (χ2v) is 9.25. The van der Waals surface area contributed by atoms with Crippen LogP contribution < -0.4 is 0 Å². The van der Waals surface area contributed by atoms with E-state index >= 15 is 0 Å². The van der Waals surface area contributed by atoms with E-state index < -0.39 is 0 Å². The highest BCUT2D eigenvalue weighted by Crippen LogP contribution is 2.42. The first-order valence-electron chi connectivity index (χ1n) is 12.0. The van der Waals surface area contributed by atoms with Crippen LogP contribution in [0.5, 0.6) is 0 Å². The van der Waals surface area contributed by atoms with Crippen molar-refractivity contribution in [3.8, 4) is 0 Å². The predicted molar refractivity (Wildman–Crippen MR) is 114 cm³/mol. The molecule has 2 aliphatic rings. The summed E-state index contributed by atoms with van der Waals surface area (Å²) in [6.45, 7) is 0. The molecule has 0 saturated heterocycles. The Balaban J connectivity index is 1.33. The third-order valence-corrected chi connectivity index (χ3v) is 7.36. The molecule has 0 heteroatoms. The topological polar surface area (TPSA) is 0 Å². The maximum absolute atomic E-state index is 2.28. The fraction of sp³-hybridized carbons (Fsp3) is 0.769. The van der Waals surface area contributed by atoms with Gasteiger partial charge in [0.25, 0.3) is 0 Å². The summed E-state index contributed by atoms with van der Waals surface area (Å²) in [6, 6.07) is 11.0.